The van der Waals surface area contributed by atoms with Crippen molar-refractivity contribution in [3.05, 3.63) is 70.1 Å². The van der Waals surface area contributed by atoms with E-state index in [4.69, 9.17) is 33.7 Å². The van der Waals surface area contributed by atoms with E-state index in [-0.39, 0.29) is 27.4 Å². The molecule has 0 amide bonds. The van der Waals surface area contributed by atoms with Gasteiger partial charge in [-0.1, -0.05) is 35.3 Å². The van der Waals surface area contributed by atoms with Gasteiger partial charge in [0, 0.05) is 34.6 Å². The van der Waals surface area contributed by atoms with E-state index in [1.165, 1.54) is 25.0 Å². The number of rotatable bonds is 11. The zero-order valence-electron chi connectivity index (χ0n) is 19.6. The molecule has 1 saturated carbocycles. The Morgan fingerprint density at radius 1 is 1.17 bits per heavy atom. The highest BCUT2D eigenvalue weighted by atomic mass is 35.5. The number of sulfonamides is 1. The maximum Gasteiger partial charge on any atom is 0.233 e. The van der Waals surface area contributed by atoms with Crippen LogP contribution in [0.25, 0.3) is 11.1 Å². The number of nitrogens with zero attached hydrogens (tertiary/aromatic N) is 1. The monoisotopic (exact) mass is 552 g/mol. The summed E-state index contributed by atoms with van der Waals surface area (Å²) in [6, 6.07) is 11.2. The molecule has 0 radical (unpaired) electrons. The quantitative estimate of drug-likeness (QED) is 0.209. The number of hydrogen-bond donors (Lipinski definition) is 3. The van der Waals surface area contributed by atoms with Gasteiger partial charge in [0.15, 0.2) is 11.6 Å². The van der Waals surface area contributed by atoms with Crippen molar-refractivity contribution in [2.24, 2.45) is 5.92 Å². The van der Waals surface area contributed by atoms with Crippen LogP contribution in [-0.2, 0) is 10.0 Å². The van der Waals surface area contributed by atoms with Crippen LogP contribution < -0.4 is 20.5 Å². The van der Waals surface area contributed by atoms with Gasteiger partial charge in [0.1, 0.15) is 11.9 Å². The molecule has 36 heavy (non-hydrogen) atoms. The Hall–Kier alpha value is -2.59. The number of nitrogens with two attached hydrogens (primary N) is 1. The average Bonchev–Trinajstić information content (AvgIpc) is 3.66. The highest BCUT2D eigenvalue weighted by Crippen LogP contribution is 2.37. The van der Waals surface area contributed by atoms with Crippen molar-refractivity contribution >= 4 is 44.7 Å². The molecule has 1 fully saturated rings. The summed E-state index contributed by atoms with van der Waals surface area (Å²) in [6.07, 6.45) is 3.32. The number of anilines is 2. The molecule has 192 valence electrons. The van der Waals surface area contributed by atoms with Crippen LogP contribution in [0.1, 0.15) is 31.4 Å². The van der Waals surface area contributed by atoms with Crippen LogP contribution in [-0.4, -0.2) is 32.2 Å². The lowest BCUT2D eigenvalue weighted by molar-refractivity contribution is 0.227. The number of ether oxygens (including phenoxy) is 1. The van der Waals surface area contributed by atoms with Crippen LogP contribution in [0.4, 0.5) is 15.9 Å². The fourth-order valence-corrected chi connectivity index (χ4v) is 5.36. The summed E-state index contributed by atoms with van der Waals surface area (Å²) < 4.78 is 47.2. The van der Waals surface area contributed by atoms with Gasteiger partial charge < -0.3 is 15.8 Å². The summed E-state index contributed by atoms with van der Waals surface area (Å²) in [4.78, 5) is 4.20. The molecule has 1 aliphatic rings. The fourth-order valence-electron chi connectivity index (χ4n) is 3.67. The molecule has 2 aromatic carbocycles. The van der Waals surface area contributed by atoms with Gasteiger partial charge in [-0.15, -0.1) is 0 Å². The van der Waals surface area contributed by atoms with Crippen LogP contribution in [0.5, 0.6) is 5.75 Å². The first kappa shape index (κ1) is 26.5. The first-order valence-electron chi connectivity index (χ1n) is 11.5. The predicted octanol–water partition coefficient (Wildman–Crippen LogP) is 5.66. The third-order valence-electron chi connectivity index (χ3n) is 5.84. The van der Waals surface area contributed by atoms with E-state index in [1.54, 1.807) is 43.5 Å². The minimum Gasteiger partial charge on any atom is -0.482 e. The van der Waals surface area contributed by atoms with E-state index in [1.807, 2.05) is 0 Å². The summed E-state index contributed by atoms with van der Waals surface area (Å²) >= 11 is 12.3. The van der Waals surface area contributed by atoms with Crippen LogP contribution in [0.15, 0.2) is 48.7 Å². The van der Waals surface area contributed by atoms with Crippen molar-refractivity contribution in [1.29, 1.82) is 0 Å². The van der Waals surface area contributed by atoms with Crippen molar-refractivity contribution in [2.45, 2.75) is 25.9 Å². The van der Waals surface area contributed by atoms with Crippen LogP contribution in [0, 0.1) is 11.7 Å². The molecule has 11 heteroatoms. The number of pyridine rings is 1. The Balaban J connectivity index is 1.43. The first-order chi connectivity index (χ1) is 17.1. The SMILES string of the molecule is CC(Oc1cc(-c2ccc(NS(=O)(=O)CCNCC3CC3)cc2)cnc1N)c1c(Cl)ccc(F)c1Cl. The van der Waals surface area contributed by atoms with Crippen LogP contribution in [0.3, 0.4) is 0 Å². The number of halogens is 3. The molecular weight excluding hydrogens is 526 g/mol. The van der Waals surface area contributed by atoms with Crippen molar-refractivity contribution in [3.8, 4) is 16.9 Å². The standard InChI is InChI=1S/C25H27Cl2FN4O3S/c1-15(23-20(26)8-9-21(28)24(23)27)35-22-12-18(14-31-25(22)29)17-4-6-19(7-5-17)32-36(33,34)11-10-30-13-16-2-3-16/h4-9,12,14-16,30,32H,2-3,10-11,13H2,1H3,(H2,29,31). The van der Waals surface area contributed by atoms with Gasteiger partial charge in [0.2, 0.25) is 10.0 Å². The Labute approximate surface area is 220 Å². The molecule has 7 nitrogen and oxygen atoms in total. The zero-order valence-corrected chi connectivity index (χ0v) is 21.9. The van der Waals surface area contributed by atoms with Gasteiger partial charge in [-0.25, -0.2) is 17.8 Å². The third kappa shape index (κ3) is 6.79. The molecule has 0 bridgehead atoms. The second kappa shape index (κ2) is 11.2. The summed E-state index contributed by atoms with van der Waals surface area (Å²) in [5, 5.41) is 3.34. The number of benzene rings is 2. The first-order valence-corrected chi connectivity index (χ1v) is 13.9. The second-order valence-electron chi connectivity index (χ2n) is 8.77. The molecule has 1 unspecified atom stereocenters. The van der Waals surface area contributed by atoms with Gasteiger partial charge in [0.25, 0.3) is 0 Å². The van der Waals surface area contributed by atoms with E-state index in [0.29, 0.717) is 29.3 Å². The highest BCUT2D eigenvalue weighted by Gasteiger charge is 2.21. The molecule has 0 spiro atoms. The molecular formula is C25H27Cl2FN4O3S. The minimum absolute atomic E-state index is 0.00157. The maximum absolute atomic E-state index is 13.9. The van der Waals surface area contributed by atoms with E-state index in [0.717, 1.165) is 12.1 Å². The van der Waals surface area contributed by atoms with Gasteiger partial charge >= 0.3 is 0 Å². The van der Waals surface area contributed by atoms with E-state index >= 15 is 0 Å². The number of aromatic nitrogens is 1. The summed E-state index contributed by atoms with van der Waals surface area (Å²) in [5.74, 6) is 0.522. The van der Waals surface area contributed by atoms with Crippen LogP contribution >= 0.6 is 23.2 Å². The summed E-state index contributed by atoms with van der Waals surface area (Å²) in [5.41, 5.74) is 8.25. The molecule has 4 N–H and O–H groups in total. The summed E-state index contributed by atoms with van der Waals surface area (Å²) in [7, 11) is -3.46. The van der Waals surface area contributed by atoms with Crippen molar-refractivity contribution in [2.75, 3.05) is 29.3 Å². The van der Waals surface area contributed by atoms with Gasteiger partial charge in [-0.2, -0.15) is 0 Å². The van der Waals surface area contributed by atoms with Gasteiger partial charge in [-0.05, 0) is 68.1 Å². The van der Waals surface area contributed by atoms with E-state index < -0.39 is 21.9 Å². The van der Waals surface area contributed by atoms with Crippen molar-refractivity contribution in [1.82, 2.24) is 10.3 Å². The molecule has 0 saturated heterocycles. The van der Waals surface area contributed by atoms with Gasteiger partial charge in [0.05, 0.1) is 10.8 Å². The topological polar surface area (TPSA) is 106 Å². The second-order valence-corrected chi connectivity index (χ2v) is 11.4. The molecule has 1 aromatic heterocycles. The van der Waals surface area contributed by atoms with E-state index in [2.05, 4.69) is 15.0 Å². The fraction of sp³-hybridized carbons (Fsp3) is 0.320. The van der Waals surface area contributed by atoms with Gasteiger partial charge in [-0.3, -0.25) is 4.72 Å². The number of nitrogens with one attached hydrogen (secondary N) is 2. The smallest absolute Gasteiger partial charge is 0.233 e. The molecule has 1 aliphatic carbocycles. The normalized spacial score (nSPS) is 14.4. The maximum atomic E-state index is 13.9. The van der Waals surface area contributed by atoms with E-state index in [9.17, 15) is 12.8 Å². The Morgan fingerprint density at radius 2 is 1.89 bits per heavy atom. The Kier molecular flexibility index (Phi) is 8.24. The highest BCUT2D eigenvalue weighted by molar-refractivity contribution is 7.92. The Bertz CT molecular complexity index is 1340. The molecule has 1 atom stereocenters. The lowest BCUT2D eigenvalue weighted by Crippen LogP contribution is -2.28. The predicted molar refractivity (Wildman–Crippen MR) is 143 cm³/mol. The minimum atomic E-state index is -3.46. The molecule has 3 aromatic rings. The molecule has 0 aliphatic heterocycles. The van der Waals surface area contributed by atoms with Crippen molar-refractivity contribution in [3.63, 3.8) is 0 Å². The summed E-state index contributed by atoms with van der Waals surface area (Å²) in [6.45, 7) is 2.96. The number of hydrogen-bond acceptors (Lipinski definition) is 6. The Morgan fingerprint density at radius 3 is 2.58 bits per heavy atom. The lowest BCUT2D eigenvalue weighted by atomic mass is 10.1. The van der Waals surface area contributed by atoms with Crippen LogP contribution in [0.2, 0.25) is 10.0 Å². The number of nitrogen functional groups attached to an aromatic ring is 1. The largest absolute Gasteiger partial charge is 0.482 e. The molecule has 4 rings (SSSR count). The third-order valence-corrected chi connectivity index (χ3v) is 7.84. The van der Waals surface area contributed by atoms with Crippen molar-refractivity contribution < 1.29 is 17.5 Å². The zero-order chi connectivity index (χ0) is 25.9. The molecule has 1 heterocycles. The lowest BCUT2D eigenvalue weighted by Gasteiger charge is -2.19. The average molecular weight is 553 g/mol.